The van der Waals surface area contributed by atoms with Crippen molar-refractivity contribution in [2.24, 2.45) is 17.8 Å². The van der Waals surface area contributed by atoms with Crippen LogP contribution in [-0.4, -0.2) is 45.8 Å². The van der Waals surface area contributed by atoms with E-state index in [2.05, 4.69) is 13.8 Å². The SMILES string of the molecule is CC(C)C(O)CO.CC(C)CO.CCC(O)CC(C)C. The highest BCUT2D eigenvalue weighted by atomic mass is 16.3. The van der Waals surface area contributed by atoms with Crippen LogP contribution < -0.4 is 0 Å². The predicted octanol–water partition coefficient (Wildman–Crippen LogP) is 2.43. The van der Waals surface area contributed by atoms with Gasteiger partial charge in [0.2, 0.25) is 0 Å². The Labute approximate surface area is 125 Å². The Morgan fingerprint density at radius 1 is 0.750 bits per heavy atom. The van der Waals surface area contributed by atoms with E-state index >= 15 is 0 Å². The monoisotopic (exact) mass is 294 g/mol. The topological polar surface area (TPSA) is 80.9 Å². The number of aliphatic hydroxyl groups excluding tert-OH is 4. The Hall–Kier alpha value is -0.160. The zero-order valence-corrected chi connectivity index (χ0v) is 14.5. The summed E-state index contributed by atoms with van der Waals surface area (Å²) in [5.74, 6) is 1.24. The largest absolute Gasteiger partial charge is 0.396 e. The molecule has 0 spiro atoms. The molecule has 4 N–H and O–H groups in total. The summed E-state index contributed by atoms with van der Waals surface area (Å²) in [7, 11) is 0. The standard InChI is InChI=1S/C7H16O.C5H12O2.C4H10O/c1-4-7(8)5-6(2)3;1-4(2)5(7)3-6;1-4(2)3-5/h6-8H,4-5H2,1-3H3;4-7H,3H2,1-2H3;4-5H,3H2,1-2H3. The van der Waals surface area contributed by atoms with E-state index in [0.717, 1.165) is 12.8 Å². The van der Waals surface area contributed by atoms with Crippen LogP contribution in [-0.2, 0) is 0 Å². The molecular formula is C16H38O4. The Balaban J connectivity index is -0.000000223. The molecule has 0 aliphatic heterocycles. The molecule has 2 unspecified atom stereocenters. The summed E-state index contributed by atoms with van der Waals surface area (Å²) < 4.78 is 0. The summed E-state index contributed by atoms with van der Waals surface area (Å²) in [5.41, 5.74) is 0. The normalized spacial score (nSPS) is 13.5. The molecular weight excluding hydrogens is 256 g/mol. The lowest BCUT2D eigenvalue weighted by Crippen LogP contribution is -2.18. The van der Waals surface area contributed by atoms with E-state index in [0.29, 0.717) is 18.4 Å². The molecule has 20 heavy (non-hydrogen) atoms. The summed E-state index contributed by atoms with van der Waals surface area (Å²) in [6.07, 6.45) is 1.21. The fraction of sp³-hybridized carbons (Fsp3) is 1.00. The van der Waals surface area contributed by atoms with Gasteiger partial charge in [0.15, 0.2) is 0 Å². The Kier molecular flexibility index (Phi) is 21.0. The molecule has 4 nitrogen and oxygen atoms in total. The quantitative estimate of drug-likeness (QED) is 0.606. The summed E-state index contributed by atoms with van der Waals surface area (Å²) in [6.45, 7) is 14.1. The van der Waals surface area contributed by atoms with Crippen LogP contribution >= 0.6 is 0 Å². The molecule has 126 valence electrons. The second-order valence-corrected chi connectivity index (χ2v) is 6.26. The highest BCUT2D eigenvalue weighted by molar-refractivity contribution is 4.55. The van der Waals surface area contributed by atoms with Gasteiger partial charge >= 0.3 is 0 Å². The molecule has 0 aromatic heterocycles. The second kappa shape index (κ2) is 16.9. The second-order valence-electron chi connectivity index (χ2n) is 6.26. The highest BCUT2D eigenvalue weighted by Crippen LogP contribution is 2.05. The molecule has 0 aliphatic carbocycles. The molecule has 0 saturated heterocycles. The van der Waals surface area contributed by atoms with Crippen LogP contribution in [0.25, 0.3) is 0 Å². The third kappa shape index (κ3) is 26.4. The lowest BCUT2D eigenvalue weighted by molar-refractivity contribution is 0.0597. The fourth-order valence-electron chi connectivity index (χ4n) is 0.922. The van der Waals surface area contributed by atoms with Crippen molar-refractivity contribution in [1.29, 1.82) is 0 Å². The van der Waals surface area contributed by atoms with Gasteiger partial charge in [-0.25, -0.2) is 0 Å². The van der Waals surface area contributed by atoms with Crippen molar-refractivity contribution in [3.63, 3.8) is 0 Å². The molecule has 0 heterocycles. The summed E-state index contributed by atoms with van der Waals surface area (Å²) in [4.78, 5) is 0. The zero-order chi connectivity index (χ0) is 16.7. The van der Waals surface area contributed by atoms with Crippen molar-refractivity contribution in [3.05, 3.63) is 0 Å². The van der Waals surface area contributed by atoms with Crippen molar-refractivity contribution in [1.82, 2.24) is 0 Å². The van der Waals surface area contributed by atoms with Crippen molar-refractivity contribution in [3.8, 4) is 0 Å². The van der Waals surface area contributed by atoms with Crippen LogP contribution in [0.15, 0.2) is 0 Å². The Bertz CT molecular complexity index is 170. The maximum Gasteiger partial charge on any atom is 0.0793 e. The first-order valence-corrected chi connectivity index (χ1v) is 7.69. The van der Waals surface area contributed by atoms with Crippen LogP contribution in [0.3, 0.4) is 0 Å². The zero-order valence-electron chi connectivity index (χ0n) is 14.5. The molecule has 0 aromatic carbocycles. The number of hydrogen-bond acceptors (Lipinski definition) is 4. The van der Waals surface area contributed by atoms with Gasteiger partial charge in [-0.05, 0) is 30.6 Å². The van der Waals surface area contributed by atoms with E-state index in [9.17, 15) is 0 Å². The van der Waals surface area contributed by atoms with Gasteiger partial charge in [-0.2, -0.15) is 0 Å². The van der Waals surface area contributed by atoms with Crippen molar-refractivity contribution >= 4 is 0 Å². The fourth-order valence-corrected chi connectivity index (χ4v) is 0.922. The van der Waals surface area contributed by atoms with Gasteiger partial charge < -0.3 is 20.4 Å². The lowest BCUT2D eigenvalue weighted by Gasteiger charge is -2.08. The van der Waals surface area contributed by atoms with Crippen LogP contribution in [0.5, 0.6) is 0 Å². The highest BCUT2D eigenvalue weighted by Gasteiger charge is 2.04. The van der Waals surface area contributed by atoms with E-state index in [4.69, 9.17) is 20.4 Å². The van der Waals surface area contributed by atoms with E-state index < -0.39 is 6.10 Å². The van der Waals surface area contributed by atoms with E-state index in [1.165, 1.54) is 0 Å². The van der Waals surface area contributed by atoms with Gasteiger partial charge in [0.25, 0.3) is 0 Å². The number of aliphatic hydroxyl groups is 4. The van der Waals surface area contributed by atoms with Crippen molar-refractivity contribution < 1.29 is 20.4 Å². The summed E-state index contributed by atoms with van der Waals surface area (Å²) in [6, 6.07) is 0. The minimum absolute atomic E-state index is 0.0741. The maximum absolute atomic E-state index is 9.03. The Morgan fingerprint density at radius 3 is 1.20 bits per heavy atom. The van der Waals surface area contributed by atoms with Crippen LogP contribution in [0, 0.1) is 17.8 Å². The predicted molar refractivity (Wildman–Crippen MR) is 85.6 cm³/mol. The first-order chi connectivity index (χ1) is 9.11. The molecule has 0 amide bonds. The minimum atomic E-state index is -0.542. The van der Waals surface area contributed by atoms with E-state index in [1.54, 1.807) is 0 Å². The first-order valence-electron chi connectivity index (χ1n) is 7.69. The molecule has 0 bridgehead atoms. The van der Waals surface area contributed by atoms with E-state index in [1.807, 2.05) is 34.6 Å². The molecule has 0 saturated carbocycles. The van der Waals surface area contributed by atoms with Gasteiger partial charge in [-0.15, -0.1) is 0 Å². The Morgan fingerprint density at radius 2 is 1.15 bits per heavy atom. The molecule has 0 radical (unpaired) electrons. The molecule has 0 fully saturated rings. The van der Waals surface area contributed by atoms with Crippen molar-refractivity contribution in [2.45, 2.75) is 73.5 Å². The molecule has 2 atom stereocenters. The summed E-state index contributed by atoms with van der Waals surface area (Å²) >= 11 is 0. The summed E-state index contributed by atoms with van der Waals surface area (Å²) in [5, 5.41) is 34.1. The smallest absolute Gasteiger partial charge is 0.0793 e. The number of hydrogen-bond donors (Lipinski definition) is 4. The molecule has 4 heteroatoms. The molecule has 0 aliphatic rings. The molecule has 0 aromatic rings. The number of rotatable bonds is 6. The third-order valence-corrected chi connectivity index (χ3v) is 2.54. The van der Waals surface area contributed by atoms with Crippen LogP contribution in [0.2, 0.25) is 0 Å². The van der Waals surface area contributed by atoms with Gasteiger partial charge in [0.05, 0.1) is 18.8 Å². The maximum atomic E-state index is 9.03. The van der Waals surface area contributed by atoms with Crippen molar-refractivity contribution in [2.75, 3.05) is 13.2 Å². The average molecular weight is 294 g/mol. The van der Waals surface area contributed by atoms with Crippen LogP contribution in [0.1, 0.15) is 61.3 Å². The van der Waals surface area contributed by atoms with Gasteiger partial charge in [-0.3, -0.25) is 0 Å². The molecule has 0 rings (SSSR count). The third-order valence-electron chi connectivity index (χ3n) is 2.54. The van der Waals surface area contributed by atoms with Gasteiger partial charge in [-0.1, -0.05) is 48.5 Å². The van der Waals surface area contributed by atoms with Gasteiger partial charge in [0, 0.05) is 6.61 Å². The first kappa shape index (κ1) is 24.8. The minimum Gasteiger partial charge on any atom is -0.396 e. The van der Waals surface area contributed by atoms with E-state index in [-0.39, 0.29) is 18.6 Å². The van der Waals surface area contributed by atoms with Gasteiger partial charge in [0.1, 0.15) is 0 Å². The average Bonchev–Trinajstić information content (AvgIpc) is 2.38. The lowest BCUT2D eigenvalue weighted by atomic mass is 10.0. The van der Waals surface area contributed by atoms with Crippen LogP contribution in [0.4, 0.5) is 0 Å².